The molecule has 0 amide bonds. The third-order valence-corrected chi connectivity index (χ3v) is 4.78. The number of anilines is 5. The highest BCUT2D eigenvalue weighted by molar-refractivity contribution is 5.68. The summed E-state index contributed by atoms with van der Waals surface area (Å²) in [7, 11) is 1.66. The fourth-order valence-electron chi connectivity index (χ4n) is 3.26. The van der Waals surface area contributed by atoms with E-state index in [0.29, 0.717) is 5.82 Å². The van der Waals surface area contributed by atoms with Crippen molar-refractivity contribution < 1.29 is 4.74 Å². The number of nitrogens with one attached hydrogen (secondary N) is 2. The Balaban J connectivity index is 1.81. The molecular weight excluding hydrogens is 362 g/mol. The zero-order valence-electron chi connectivity index (χ0n) is 17.8. The van der Waals surface area contributed by atoms with Crippen LogP contribution in [-0.2, 0) is 0 Å². The van der Waals surface area contributed by atoms with Crippen LogP contribution in [0, 0.1) is 13.8 Å². The fraction of sp³-hybridized carbons (Fsp3) is 0.304. The molecule has 0 saturated heterocycles. The Labute approximate surface area is 173 Å². The molecule has 0 radical (unpaired) electrons. The summed E-state index contributed by atoms with van der Waals surface area (Å²) in [4.78, 5) is 11.4. The molecule has 0 aliphatic carbocycles. The van der Waals surface area contributed by atoms with E-state index in [1.807, 2.05) is 37.3 Å². The van der Waals surface area contributed by atoms with Gasteiger partial charge in [-0.2, -0.15) is 0 Å². The first kappa shape index (κ1) is 20.5. The molecule has 2 aromatic carbocycles. The smallest absolute Gasteiger partial charge is 0.136 e. The van der Waals surface area contributed by atoms with Crippen LogP contribution >= 0.6 is 0 Å². The van der Waals surface area contributed by atoms with E-state index >= 15 is 0 Å². The Hall–Kier alpha value is -3.28. The monoisotopic (exact) mass is 391 g/mol. The van der Waals surface area contributed by atoms with Crippen molar-refractivity contribution in [3.8, 4) is 5.75 Å². The predicted octanol–water partition coefficient (Wildman–Crippen LogP) is 5.44. The normalized spacial score (nSPS) is 10.5. The first-order valence-electron chi connectivity index (χ1n) is 9.91. The Kier molecular flexibility index (Phi) is 6.54. The molecule has 0 spiro atoms. The molecule has 29 heavy (non-hydrogen) atoms. The van der Waals surface area contributed by atoms with E-state index < -0.39 is 0 Å². The van der Waals surface area contributed by atoms with Crippen LogP contribution in [-0.4, -0.2) is 30.2 Å². The maximum atomic E-state index is 5.29. The summed E-state index contributed by atoms with van der Waals surface area (Å²) in [5, 5.41) is 6.75. The van der Waals surface area contributed by atoms with Crippen LogP contribution < -0.4 is 20.3 Å². The molecule has 1 heterocycles. The third-order valence-electron chi connectivity index (χ3n) is 4.78. The predicted molar refractivity (Wildman–Crippen MR) is 121 cm³/mol. The minimum absolute atomic E-state index is 0.692. The van der Waals surface area contributed by atoms with Crippen molar-refractivity contribution in [2.24, 2.45) is 0 Å². The highest BCUT2D eigenvalue weighted by Gasteiger charge is 2.08. The molecule has 152 valence electrons. The molecule has 6 nitrogen and oxygen atoms in total. The van der Waals surface area contributed by atoms with Crippen LogP contribution in [0.1, 0.15) is 25.2 Å². The molecule has 2 N–H and O–H groups in total. The summed E-state index contributed by atoms with van der Waals surface area (Å²) < 4.78 is 5.29. The van der Waals surface area contributed by atoms with Gasteiger partial charge in [0.05, 0.1) is 7.11 Å². The molecule has 0 aliphatic heterocycles. The van der Waals surface area contributed by atoms with Gasteiger partial charge in [-0.05, 0) is 63.6 Å². The van der Waals surface area contributed by atoms with Crippen molar-refractivity contribution in [2.75, 3.05) is 35.7 Å². The van der Waals surface area contributed by atoms with Crippen LogP contribution in [0.25, 0.3) is 0 Å². The van der Waals surface area contributed by atoms with Crippen molar-refractivity contribution in [1.82, 2.24) is 9.97 Å². The number of aromatic nitrogens is 2. The zero-order chi connectivity index (χ0) is 20.8. The van der Waals surface area contributed by atoms with E-state index in [0.717, 1.165) is 41.8 Å². The van der Waals surface area contributed by atoms with Crippen LogP contribution in [0.15, 0.2) is 48.5 Å². The lowest BCUT2D eigenvalue weighted by atomic mass is 10.1. The maximum Gasteiger partial charge on any atom is 0.136 e. The van der Waals surface area contributed by atoms with Gasteiger partial charge < -0.3 is 20.3 Å². The van der Waals surface area contributed by atoms with E-state index in [2.05, 4.69) is 64.5 Å². The number of benzene rings is 2. The quantitative estimate of drug-likeness (QED) is 0.533. The van der Waals surface area contributed by atoms with Crippen LogP contribution in [0.2, 0.25) is 0 Å². The highest BCUT2D eigenvalue weighted by Crippen LogP contribution is 2.27. The lowest BCUT2D eigenvalue weighted by molar-refractivity contribution is 0.415. The summed E-state index contributed by atoms with van der Waals surface area (Å²) in [6.07, 6.45) is 0. The molecule has 1 aromatic heterocycles. The number of hydrogen-bond donors (Lipinski definition) is 2. The molecular formula is C23H29N5O. The summed E-state index contributed by atoms with van der Waals surface area (Å²) in [5.74, 6) is 2.97. The van der Waals surface area contributed by atoms with Crippen molar-refractivity contribution in [1.29, 1.82) is 0 Å². The van der Waals surface area contributed by atoms with E-state index in [-0.39, 0.29) is 0 Å². The van der Waals surface area contributed by atoms with Gasteiger partial charge in [-0.1, -0.05) is 6.07 Å². The lowest BCUT2D eigenvalue weighted by Gasteiger charge is -2.22. The lowest BCUT2D eigenvalue weighted by Crippen LogP contribution is -2.21. The average Bonchev–Trinajstić information content (AvgIpc) is 2.70. The van der Waals surface area contributed by atoms with Gasteiger partial charge in [-0.25, -0.2) is 9.97 Å². The van der Waals surface area contributed by atoms with E-state index in [4.69, 9.17) is 4.74 Å². The highest BCUT2D eigenvalue weighted by atomic mass is 16.5. The summed E-state index contributed by atoms with van der Waals surface area (Å²) in [6, 6.07) is 16.1. The van der Waals surface area contributed by atoms with Crippen LogP contribution in [0.5, 0.6) is 5.75 Å². The van der Waals surface area contributed by atoms with Crippen molar-refractivity contribution >= 4 is 28.7 Å². The number of methoxy groups -OCH3 is 1. The van der Waals surface area contributed by atoms with Crippen molar-refractivity contribution in [2.45, 2.75) is 27.7 Å². The minimum atomic E-state index is 0.692. The minimum Gasteiger partial charge on any atom is -0.497 e. The van der Waals surface area contributed by atoms with Gasteiger partial charge in [-0.15, -0.1) is 0 Å². The molecule has 3 aromatic rings. The summed E-state index contributed by atoms with van der Waals surface area (Å²) >= 11 is 0. The Morgan fingerprint density at radius 3 is 2.28 bits per heavy atom. The molecule has 0 unspecified atom stereocenters. The Morgan fingerprint density at radius 1 is 0.897 bits per heavy atom. The second-order valence-corrected chi connectivity index (χ2v) is 6.84. The molecule has 0 saturated carbocycles. The molecule has 0 fully saturated rings. The maximum absolute atomic E-state index is 5.29. The first-order valence-corrected chi connectivity index (χ1v) is 9.91. The van der Waals surface area contributed by atoms with Gasteiger partial charge in [0.1, 0.15) is 23.2 Å². The van der Waals surface area contributed by atoms with Gasteiger partial charge in [0.15, 0.2) is 0 Å². The Bertz CT molecular complexity index is 969. The standard InChI is InChI=1S/C23H29N5O/c1-6-28(7-2)19-11-12-21(16(3)13-19)27-23-15-22(24-17(4)25-23)26-18-9-8-10-20(14-18)29-5/h8-15H,6-7H2,1-5H3,(H2,24,25,26,27). The average molecular weight is 392 g/mol. The van der Waals surface area contributed by atoms with Gasteiger partial charge in [-0.3, -0.25) is 0 Å². The summed E-state index contributed by atoms with van der Waals surface area (Å²) in [6.45, 7) is 10.3. The molecule has 0 aliphatic rings. The third kappa shape index (κ3) is 5.16. The SMILES string of the molecule is CCN(CC)c1ccc(Nc2cc(Nc3cccc(OC)c3)nc(C)n2)c(C)c1. The van der Waals surface area contributed by atoms with E-state index in [1.165, 1.54) is 11.3 Å². The number of hydrogen-bond acceptors (Lipinski definition) is 6. The number of nitrogens with zero attached hydrogens (tertiary/aromatic N) is 3. The summed E-state index contributed by atoms with van der Waals surface area (Å²) in [5.41, 5.74) is 4.35. The molecule has 0 bridgehead atoms. The fourth-order valence-corrected chi connectivity index (χ4v) is 3.26. The largest absolute Gasteiger partial charge is 0.497 e. The van der Waals surface area contributed by atoms with Gasteiger partial charge in [0.25, 0.3) is 0 Å². The van der Waals surface area contributed by atoms with Crippen LogP contribution in [0.3, 0.4) is 0 Å². The van der Waals surface area contributed by atoms with Crippen molar-refractivity contribution in [3.63, 3.8) is 0 Å². The second-order valence-electron chi connectivity index (χ2n) is 6.84. The Morgan fingerprint density at radius 2 is 1.62 bits per heavy atom. The van der Waals surface area contributed by atoms with Gasteiger partial charge >= 0.3 is 0 Å². The number of aryl methyl sites for hydroxylation is 2. The second kappa shape index (κ2) is 9.28. The molecule has 0 atom stereocenters. The molecule has 3 rings (SSSR count). The van der Waals surface area contributed by atoms with E-state index in [9.17, 15) is 0 Å². The van der Waals surface area contributed by atoms with Crippen LogP contribution in [0.4, 0.5) is 28.7 Å². The van der Waals surface area contributed by atoms with E-state index in [1.54, 1.807) is 7.11 Å². The first-order chi connectivity index (χ1) is 14.0. The van der Waals surface area contributed by atoms with Gasteiger partial charge in [0.2, 0.25) is 0 Å². The molecule has 6 heteroatoms. The topological polar surface area (TPSA) is 62.3 Å². The van der Waals surface area contributed by atoms with Gasteiger partial charge in [0, 0.05) is 42.3 Å². The number of rotatable bonds is 8. The zero-order valence-corrected chi connectivity index (χ0v) is 17.8. The number of ether oxygens (including phenoxy) is 1. The van der Waals surface area contributed by atoms with Crippen molar-refractivity contribution in [3.05, 3.63) is 59.9 Å².